The van der Waals surface area contributed by atoms with Gasteiger partial charge in [0.1, 0.15) is 11.4 Å². The summed E-state index contributed by atoms with van der Waals surface area (Å²) in [5.41, 5.74) is 3.59. The summed E-state index contributed by atoms with van der Waals surface area (Å²) in [4.78, 5) is 4.81. The lowest BCUT2D eigenvalue weighted by Crippen LogP contribution is -2.11. The fourth-order valence-electron chi connectivity index (χ4n) is 2.57. The molecule has 0 radical (unpaired) electrons. The molecular formula is C19H22N4O. The molecule has 0 saturated heterocycles. The average Bonchev–Trinajstić information content (AvgIpc) is 2.93. The van der Waals surface area contributed by atoms with E-state index >= 15 is 0 Å². The van der Waals surface area contributed by atoms with Crippen molar-refractivity contribution in [2.45, 2.75) is 33.1 Å². The number of aromatic nitrogens is 2. The van der Waals surface area contributed by atoms with Crippen molar-refractivity contribution in [1.82, 2.24) is 9.38 Å². The van der Waals surface area contributed by atoms with Crippen LogP contribution in [0.25, 0.3) is 5.65 Å². The quantitative estimate of drug-likeness (QED) is 0.609. The van der Waals surface area contributed by atoms with Crippen LogP contribution in [0, 0.1) is 6.92 Å². The maximum atomic E-state index is 5.24. The number of hydrogen-bond donors (Lipinski definition) is 0. The summed E-state index contributed by atoms with van der Waals surface area (Å²) in [6.45, 7) is 8.45. The molecule has 0 amide bonds. The zero-order valence-electron chi connectivity index (χ0n) is 14.7. The normalized spacial score (nSPS) is 12.2. The van der Waals surface area contributed by atoms with Crippen LogP contribution in [0.4, 0.5) is 11.5 Å². The molecule has 0 atom stereocenters. The summed E-state index contributed by atoms with van der Waals surface area (Å²) in [6.07, 6.45) is 1.98. The van der Waals surface area contributed by atoms with Gasteiger partial charge < -0.3 is 4.74 Å². The first-order valence-electron chi connectivity index (χ1n) is 7.94. The number of azo groups is 1. The number of hydrogen-bond acceptors (Lipinski definition) is 4. The van der Waals surface area contributed by atoms with Gasteiger partial charge >= 0.3 is 0 Å². The van der Waals surface area contributed by atoms with Gasteiger partial charge in [0.25, 0.3) is 0 Å². The minimum Gasteiger partial charge on any atom is -0.497 e. The van der Waals surface area contributed by atoms with Crippen LogP contribution in [0.3, 0.4) is 0 Å². The van der Waals surface area contributed by atoms with E-state index in [-0.39, 0.29) is 5.41 Å². The van der Waals surface area contributed by atoms with Crippen LogP contribution in [0.15, 0.2) is 52.8 Å². The summed E-state index contributed by atoms with van der Waals surface area (Å²) in [5.74, 6) is 1.53. The van der Waals surface area contributed by atoms with Crippen LogP contribution >= 0.6 is 0 Å². The summed E-state index contributed by atoms with van der Waals surface area (Å²) in [5, 5.41) is 8.91. The molecule has 0 fully saturated rings. The molecule has 0 spiro atoms. The van der Waals surface area contributed by atoms with Crippen LogP contribution in [-0.2, 0) is 5.41 Å². The molecule has 0 unspecified atom stereocenters. The zero-order valence-corrected chi connectivity index (χ0v) is 14.7. The van der Waals surface area contributed by atoms with Crippen LogP contribution in [0.1, 0.15) is 32.0 Å². The van der Waals surface area contributed by atoms with Gasteiger partial charge in [-0.05, 0) is 30.7 Å². The first-order chi connectivity index (χ1) is 11.4. The van der Waals surface area contributed by atoms with Crippen molar-refractivity contribution in [3.8, 4) is 5.75 Å². The van der Waals surface area contributed by atoms with Crippen molar-refractivity contribution >= 4 is 17.2 Å². The van der Waals surface area contributed by atoms with E-state index in [0.717, 1.165) is 34.2 Å². The molecule has 0 aliphatic carbocycles. The Bertz CT molecular complexity index is 903. The Labute approximate surface area is 142 Å². The lowest BCUT2D eigenvalue weighted by atomic mass is 9.92. The van der Waals surface area contributed by atoms with Gasteiger partial charge in [-0.1, -0.05) is 32.9 Å². The van der Waals surface area contributed by atoms with Gasteiger partial charge in [0.15, 0.2) is 5.82 Å². The van der Waals surface area contributed by atoms with E-state index in [1.54, 1.807) is 7.11 Å². The summed E-state index contributed by atoms with van der Waals surface area (Å²) >= 11 is 0. The molecule has 2 aromatic heterocycles. The van der Waals surface area contributed by atoms with Gasteiger partial charge in [-0.3, -0.25) is 4.40 Å². The van der Waals surface area contributed by atoms with E-state index < -0.39 is 0 Å². The van der Waals surface area contributed by atoms with E-state index in [1.165, 1.54) is 0 Å². The first-order valence-corrected chi connectivity index (χ1v) is 7.94. The summed E-state index contributed by atoms with van der Waals surface area (Å²) in [6, 6.07) is 11.6. The number of aryl methyl sites for hydroxylation is 1. The molecule has 2 heterocycles. The monoisotopic (exact) mass is 322 g/mol. The molecule has 5 nitrogen and oxygen atoms in total. The van der Waals surface area contributed by atoms with Crippen molar-refractivity contribution in [3.63, 3.8) is 0 Å². The highest BCUT2D eigenvalue weighted by Gasteiger charge is 2.24. The second-order valence-corrected chi connectivity index (χ2v) is 6.82. The summed E-state index contributed by atoms with van der Waals surface area (Å²) < 4.78 is 7.24. The molecule has 5 heteroatoms. The van der Waals surface area contributed by atoms with E-state index in [4.69, 9.17) is 9.72 Å². The second-order valence-electron chi connectivity index (χ2n) is 6.82. The van der Waals surface area contributed by atoms with Crippen molar-refractivity contribution in [2.24, 2.45) is 10.2 Å². The van der Waals surface area contributed by atoms with E-state index in [9.17, 15) is 0 Å². The minimum absolute atomic E-state index is 0.124. The highest BCUT2D eigenvalue weighted by atomic mass is 16.5. The number of fused-ring (bicyclic) bond motifs is 1. The van der Waals surface area contributed by atoms with Crippen LogP contribution < -0.4 is 4.74 Å². The molecule has 3 aromatic rings. The molecule has 0 bridgehead atoms. The third-order valence-electron chi connectivity index (χ3n) is 3.84. The van der Waals surface area contributed by atoms with E-state index in [2.05, 4.69) is 44.0 Å². The highest BCUT2D eigenvalue weighted by Crippen LogP contribution is 2.34. The molecule has 1 aromatic carbocycles. The number of methoxy groups -OCH3 is 1. The van der Waals surface area contributed by atoms with Crippen molar-refractivity contribution < 1.29 is 4.74 Å². The molecule has 0 saturated carbocycles. The van der Waals surface area contributed by atoms with E-state index in [0.29, 0.717) is 0 Å². The van der Waals surface area contributed by atoms with Gasteiger partial charge in [0, 0.05) is 17.7 Å². The predicted molar refractivity (Wildman–Crippen MR) is 95.8 cm³/mol. The standard InChI is InChI=1S/C19H22N4O/c1-13-8-7-11-23-17(13)20-16(19(2,3)4)18(23)22-21-14-9-6-10-15(12-14)24-5/h6-12H,1-5H3. The van der Waals surface area contributed by atoms with Gasteiger partial charge in [0.2, 0.25) is 0 Å². The number of benzene rings is 1. The number of nitrogens with zero attached hydrogens (tertiary/aromatic N) is 4. The smallest absolute Gasteiger partial charge is 0.183 e. The topological polar surface area (TPSA) is 51.2 Å². The molecule has 124 valence electrons. The zero-order chi connectivity index (χ0) is 17.3. The fraction of sp³-hybridized carbons (Fsp3) is 0.316. The molecule has 3 rings (SSSR count). The van der Waals surface area contributed by atoms with Gasteiger partial charge in [-0.2, -0.15) is 0 Å². The number of ether oxygens (including phenoxy) is 1. The van der Waals surface area contributed by atoms with Crippen molar-refractivity contribution in [2.75, 3.05) is 7.11 Å². The molecule has 0 N–H and O–H groups in total. The van der Waals surface area contributed by atoms with Gasteiger partial charge in [-0.25, -0.2) is 4.98 Å². The third-order valence-corrected chi connectivity index (χ3v) is 3.84. The number of imidazole rings is 1. The Kier molecular flexibility index (Phi) is 4.09. The van der Waals surface area contributed by atoms with E-state index in [1.807, 2.05) is 40.9 Å². The van der Waals surface area contributed by atoms with Gasteiger partial charge in [-0.15, -0.1) is 10.2 Å². The highest BCUT2D eigenvalue weighted by molar-refractivity contribution is 5.58. The second kappa shape index (κ2) is 6.07. The number of rotatable bonds is 3. The Balaban J connectivity index is 2.13. The molecule has 0 aliphatic rings. The number of pyridine rings is 1. The Morgan fingerprint density at radius 2 is 1.88 bits per heavy atom. The maximum absolute atomic E-state index is 5.24. The Morgan fingerprint density at radius 3 is 2.58 bits per heavy atom. The predicted octanol–water partition coefficient (Wildman–Crippen LogP) is 5.36. The minimum atomic E-state index is -0.124. The Morgan fingerprint density at radius 1 is 1.08 bits per heavy atom. The van der Waals surface area contributed by atoms with Crippen LogP contribution in [0.5, 0.6) is 5.75 Å². The summed E-state index contributed by atoms with van der Waals surface area (Å²) in [7, 11) is 1.64. The first kappa shape index (κ1) is 16.2. The average molecular weight is 322 g/mol. The third kappa shape index (κ3) is 3.02. The largest absolute Gasteiger partial charge is 0.497 e. The lowest BCUT2D eigenvalue weighted by Gasteiger charge is -2.15. The Hall–Kier alpha value is -2.69. The van der Waals surface area contributed by atoms with Crippen molar-refractivity contribution in [3.05, 3.63) is 53.9 Å². The van der Waals surface area contributed by atoms with Gasteiger partial charge in [0.05, 0.1) is 18.5 Å². The maximum Gasteiger partial charge on any atom is 0.183 e. The lowest BCUT2D eigenvalue weighted by molar-refractivity contribution is 0.415. The molecular weight excluding hydrogens is 300 g/mol. The van der Waals surface area contributed by atoms with Crippen LogP contribution in [-0.4, -0.2) is 16.5 Å². The van der Waals surface area contributed by atoms with Crippen LogP contribution in [0.2, 0.25) is 0 Å². The molecule has 0 aliphatic heterocycles. The fourth-order valence-corrected chi connectivity index (χ4v) is 2.57. The van der Waals surface area contributed by atoms with Crippen molar-refractivity contribution in [1.29, 1.82) is 0 Å². The SMILES string of the molecule is COc1cccc(N=Nc2c(C(C)(C)C)nc3c(C)cccn23)c1. The molecule has 24 heavy (non-hydrogen) atoms.